The van der Waals surface area contributed by atoms with Gasteiger partial charge in [0.15, 0.2) is 0 Å². The van der Waals surface area contributed by atoms with Crippen molar-refractivity contribution in [2.24, 2.45) is 0 Å². The third-order valence-corrected chi connectivity index (χ3v) is 7.66. The average Bonchev–Trinajstić information content (AvgIpc) is 2.77. The first kappa shape index (κ1) is 24.1. The van der Waals surface area contributed by atoms with Gasteiger partial charge >= 0.3 is 0 Å². The van der Waals surface area contributed by atoms with E-state index in [0.29, 0.717) is 29.0 Å². The molecule has 31 heavy (non-hydrogen) atoms. The molecule has 3 atom stereocenters. The van der Waals surface area contributed by atoms with Crippen molar-refractivity contribution in [3.8, 4) is 0 Å². The molecule has 3 unspecified atom stereocenters. The fourth-order valence-corrected chi connectivity index (χ4v) is 5.61. The maximum atomic E-state index is 14.8. The van der Waals surface area contributed by atoms with Crippen LogP contribution in [0, 0.1) is 0 Å². The SMILES string of the molecule is O=S(=O)(c1ccc(Cl)cc1)N(Cc1ccc(C(O)NCCO)cc1)C1CCCCC1F. The lowest BCUT2D eigenvalue weighted by Crippen LogP contribution is -2.46. The Hall–Kier alpha value is -1.55. The van der Waals surface area contributed by atoms with Crippen LogP contribution in [0.2, 0.25) is 5.02 Å². The first-order valence-corrected chi connectivity index (χ1v) is 12.2. The molecule has 0 spiro atoms. The third-order valence-electron chi connectivity index (χ3n) is 5.52. The summed E-state index contributed by atoms with van der Waals surface area (Å²) >= 11 is 5.91. The average molecular weight is 471 g/mol. The molecule has 1 fully saturated rings. The molecule has 0 amide bonds. The number of benzene rings is 2. The molecule has 9 heteroatoms. The summed E-state index contributed by atoms with van der Waals surface area (Å²) in [6, 6.07) is 12.0. The Labute approximate surface area is 187 Å². The monoisotopic (exact) mass is 470 g/mol. The quantitative estimate of drug-likeness (QED) is 0.489. The molecular weight excluding hydrogens is 443 g/mol. The zero-order chi connectivity index (χ0) is 22.4. The van der Waals surface area contributed by atoms with Gasteiger partial charge in [-0.15, -0.1) is 0 Å². The number of nitrogens with zero attached hydrogens (tertiary/aromatic N) is 1. The number of aliphatic hydroxyl groups excluding tert-OH is 2. The molecule has 0 bridgehead atoms. The molecule has 0 heterocycles. The highest BCUT2D eigenvalue weighted by atomic mass is 35.5. The van der Waals surface area contributed by atoms with Crippen molar-refractivity contribution < 1.29 is 23.0 Å². The first-order valence-electron chi connectivity index (χ1n) is 10.4. The van der Waals surface area contributed by atoms with Crippen molar-refractivity contribution in [2.75, 3.05) is 13.2 Å². The largest absolute Gasteiger partial charge is 0.395 e. The molecule has 0 aromatic heterocycles. The lowest BCUT2D eigenvalue weighted by Gasteiger charge is -2.35. The number of halogens is 2. The summed E-state index contributed by atoms with van der Waals surface area (Å²) < 4.78 is 42.9. The molecule has 0 radical (unpaired) electrons. The minimum absolute atomic E-state index is 0.0243. The maximum absolute atomic E-state index is 14.8. The van der Waals surface area contributed by atoms with E-state index >= 15 is 0 Å². The van der Waals surface area contributed by atoms with Crippen molar-refractivity contribution in [3.05, 3.63) is 64.7 Å². The summed E-state index contributed by atoms with van der Waals surface area (Å²) in [6.07, 6.45) is 0.178. The molecule has 6 nitrogen and oxygen atoms in total. The van der Waals surface area contributed by atoms with Gasteiger partial charge in [-0.25, -0.2) is 12.8 Å². The predicted molar refractivity (Wildman–Crippen MR) is 118 cm³/mol. The summed E-state index contributed by atoms with van der Waals surface area (Å²) in [7, 11) is -3.94. The van der Waals surface area contributed by atoms with Crippen LogP contribution in [0.15, 0.2) is 53.4 Å². The van der Waals surface area contributed by atoms with Crippen LogP contribution in [-0.2, 0) is 16.6 Å². The molecule has 0 saturated heterocycles. The van der Waals surface area contributed by atoms with E-state index in [1.165, 1.54) is 28.6 Å². The lowest BCUT2D eigenvalue weighted by atomic mass is 9.93. The molecule has 3 N–H and O–H groups in total. The minimum atomic E-state index is -3.94. The van der Waals surface area contributed by atoms with E-state index in [-0.39, 0.29) is 24.6 Å². The van der Waals surface area contributed by atoms with Gasteiger partial charge in [-0.2, -0.15) is 4.31 Å². The Kier molecular flexibility index (Phi) is 8.43. The molecule has 1 aliphatic carbocycles. The molecule has 3 rings (SSSR count). The van der Waals surface area contributed by atoms with Crippen LogP contribution in [-0.4, -0.2) is 48.3 Å². The van der Waals surface area contributed by atoms with E-state index in [0.717, 1.165) is 12.8 Å². The van der Waals surface area contributed by atoms with Gasteiger partial charge in [0.1, 0.15) is 12.4 Å². The second kappa shape index (κ2) is 10.8. The lowest BCUT2D eigenvalue weighted by molar-refractivity contribution is 0.127. The van der Waals surface area contributed by atoms with Crippen LogP contribution in [0.25, 0.3) is 0 Å². The van der Waals surface area contributed by atoms with Crippen molar-refractivity contribution in [1.29, 1.82) is 0 Å². The van der Waals surface area contributed by atoms with Gasteiger partial charge in [0.25, 0.3) is 0 Å². The van der Waals surface area contributed by atoms with Crippen LogP contribution >= 0.6 is 11.6 Å². The Bertz CT molecular complexity index is 941. The smallest absolute Gasteiger partial charge is 0.243 e. The summed E-state index contributed by atoms with van der Waals surface area (Å²) in [6.45, 7) is 0.171. The number of hydrogen-bond acceptors (Lipinski definition) is 5. The number of alkyl halides is 1. The molecular formula is C22H28ClFN2O4S. The zero-order valence-electron chi connectivity index (χ0n) is 17.1. The number of hydrogen-bond donors (Lipinski definition) is 3. The van der Waals surface area contributed by atoms with Crippen LogP contribution in [0.3, 0.4) is 0 Å². The van der Waals surface area contributed by atoms with Gasteiger partial charge in [0, 0.05) is 18.1 Å². The van der Waals surface area contributed by atoms with Gasteiger partial charge in [-0.1, -0.05) is 48.7 Å². The summed E-state index contributed by atoms with van der Waals surface area (Å²) in [5, 5.41) is 22.1. The van der Waals surface area contributed by atoms with E-state index in [4.69, 9.17) is 16.7 Å². The number of nitrogens with one attached hydrogen (secondary N) is 1. The highest BCUT2D eigenvalue weighted by Crippen LogP contribution is 2.32. The molecule has 0 aliphatic heterocycles. The number of aliphatic hydroxyl groups is 2. The fraction of sp³-hybridized carbons (Fsp3) is 0.455. The molecule has 170 valence electrons. The van der Waals surface area contributed by atoms with Gasteiger partial charge < -0.3 is 10.2 Å². The van der Waals surface area contributed by atoms with Crippen LogP contribution in [0.5, 0.6) is 0 Å². The molecule has 2 aromatic carbocycles. The van der Waals surface area contributed by atoms with Gasteiger partial charge in [0.05, 0.1) is 17.5 Å². The molecule has 1 aliphatic rings. The number of sulfonamides is 1. The normalized spacial score (nSPS) is 20.7. The fourth-order valence-electron chi connectivity index (χ4n) is 3.82. The van der Waals surface area contributed by atoms with Crippen molar-refractivity contribution in [1.82, 2.24) is 9.62 Å². The molecule has 2 aromatic rings. The van der Waals surface area contributed by atoms with E-state index in [1.54, 1.807) is 24.3 Å². The second-order valence-electron chi connectivity index (χ2n) is 7.69. The van der Waals surface area contributed by atoms with Gasteiger partial charge in [-0.3, -0.25) is 5.32 Å². The molecule has 1 saturated carbocycles. The Morgan fingerprint density at radius 2 is 1.74 bits per heavy atom. The summed E-state index contributed by atoms with van der Waals surface area (Å²) in [5.74, 6) is 0. The van der Waals surface area contributed by atoms with E-state index in [2.05, 4.69) is 5.32 Å². The van der Waals surface area contributed by atoms with Gasteiger partial charge in [0.2, 0.25) is 10.0 Å². The van der Waals surface area contributed by atoms with Crippen LogP contribution < -0.4 is 5.32 Å². The standard InChI is InChI=1S/C22H28ClFN2O4S/c23-18-9-11-19(12-10-18)31(29,30)26(21-4-2-1-3-20(21)24)15-16-5-7-17(8-6-16)22(28)25-13-14-27/h5-12,20-22,25,27-28H,1-4,13-15H2. The van der Waals surface area contributed by atoms with E-state index < -0.39 is 28.5 Å². The van der Waals surface area contributed by atoms with Crippen molar-refractivity contribution in [3.63, 3.8) is 0 Å². The Morgan fingerprint density at radius 3 is 2.35 bits per heavy atom. The summed E-state index contributed by atoms with van der Waals surface area (Å²) in [4.78, 5) is 0.0786. The highest BCUT2D eigenvalue weighted by Gasteiger charge is 2.38. The Morgan fingerprint density at radius 1 is 1.10 bits per heavy atom. The minimum Gasteiger partial charge on any atom is -0.395 e. The van der Waals surface area contributed by atoms with Crippen LogP contribution in [0.4, 0.5) is 4.39 Å². The summed E-state index contributed by atoms with van der Waals surface area (Å²) in [5.41, 5.74) is 1.28. The zero-order valence-corrected chi connectivity index (χ0v) is 18.7. The second-order valence-corrected chi connectivity index (χ2v) is 10.0. The predicted octanol–water partition coefficient (Wildman–Crippen LogP) is 3.38. The third kappa shape index (κ3) is 6.03. The van der Waals surface area contributed by atoms with Gasteiger partial charge in [-0.05, 0) is 48.2 Å². The Balaban J connectivity index is 1.87. The maximum Gasteiger partial charge on any atom is 0.243 e. The first-order chi connectivity index (χ1) is 14.8. The van der Waals surface area contributed by atoms with Crippen molar-refractivity contribution >= 4 is 21.6 Å². The van der Waals surface area contributed by atoms with E-state index in [9.17, 15) is 17.9 Å². The van der Waals surface area contributed by atoms with Crippen molar-refractivity contribution in [2.45, 2.75) is 55.6 Å². The number of rotatable bonds is 9. The van der Waals surface area contributed by atoms with E-state index in [1.807, 2.05) is 0 Å². The highest BCUT2D eigenvalue weighted by molar-refractivity contribution is 7.89. The topological polar surface area (TPSA) is 89.9 Å². The van der Waals surface area contributed by atoms with Crippen LogP contribution in [0.1, 0.15) is 43.0 Å².